The molecular weight excluding hydrogens is 598 g/mol. The molecule has 0 spiro atoms. The molecule has 0 aliphatic heterocycles. The fourth-order valence-corrected chi connectivity index (χ4v) is 4.47. The number of carbonyl (C=O) groups excluding carboxylic acids is 1. The zero-order valence-corrected chi connectivity index (χ0v) is 21.5. The number of benzene rings is 1. The van der Waals surface area contributed by atoms with Crippen molar-refractivity contribution in [3.8, 4) is 5.82 Å². The monoisotopic (exact) mass is 610 g/mol. The maximum absolute atomic E-state index is 13.6. The van der Waals surface area contributed by atoms with E-state index in [2.05, 4.69) is 41.9 Å². The van der Waals surface area contributed by atoms with Crippen LogP contribution in [0.4, 0.5) is 5.69 Å². The van der Waals surface area contributed by atoms with E-state index in [-0.39, 0.29) is 40.2 Å². The lowest BCUT2D eigenvalue weighted by Gasteiger charge is -2.29. The minimum Gasteiger partial charge on any atom is -0.478 e. The lowest BCUT2D eigenvalue weighted by Crippen LogP contribution is -2.39. The first-order valence-corrected chi connectivity index (χ1v) is 10.9. The number of aromatic nitrogens is 3. The molecule has 0 saturated carbocycles. The molecule has 12 heteroatoms. The van der Waals surface area contributed by atoms with Crippen LogP contribution in [0.3, 0.4) is 0 Å². The normalized spacial score (nSPS) is 10.7. The van der Waals surface area contributed by atoms with E-state index in [1.165, 1.54) is 34.0 Å². The number of hydrogen-bond acceptors (Lipinski definition) is 4. The molecule has 31 heavy (non-hydrogen) atoms. The highest BCUT2D eigenvalue weighted by Gasteiger charge is 2.31. The van der Waals surface area contributed by atoms with Crippen LogP contribution in [-0.2, 0) is 0 Å². The summed E-state index contributed by atoms with van der Waals surface area (Å²) in [5.41, 5.74) is 0.217. The predicted molar refractivity (Wildman–Crippen MR) is 129 cm³/mol. The quantitative estimate of drug-likeness (QED) is 0.367. The molecule has 0 atom stereocenters. The first kappa shape index (κ1) is 25.6. The van der Waals surface area contributed by atoms with Crippen LogP contribution in [0.1, 0.15) is 34.7 Å². The molecule has 1 aromatic carbocycles. The minimum atomic E-state index is -1.21. The highest BCUT2D eigenvalue weighted by molar-refractivity contribution is 9.10. The van der Waals surface area contributed by atoms with Gasteiger partial charge in [-0.15, -0.1) is 12.4 Å². The summed E-state index contributed by atoms with van der Waals surface area (Å²) in [7, 11) is 0. The fourth-order valence-electron chi connectivity index (χ4n) is 2.89. The van der Waals surface area contributed by atoms with E-state index in [0.29, 0.717) is 14.1 Å². The van der Waals surface area contributed by atoms with Crippen molar-refractivity contribution in [3.63, 3.8) is 0 Å². The highest BCUT2D eigenvalue weighted by Crippen LogP contribution is 2.36. The van der Waals surface area contributed by atoms with Crippen LogP contribution in [0.5, 0.6) is 0 Å². The van der Waals surface area contributed by atoms with Gasteiger partial charge in [0.15, 0.2) is 5.82 Å². The van der Waals surface area contributed by atoms with Gasteiger partial charge in [0.1, 0.15) is 10.3 Å². The van der Waals surface area contributed by atoms with Gasteiger partial charge in [-0.1, -0.05) is 23.2 Å². The number of hydrogen-bond donors (Lipinski definition) is 1. The van der Waals surface area contributed by atoms with E-state index in [1.54, 1.807) is 26.0 Å². The van der Waals surface area contributed by atoms with Gasteiger partial charge in [0.05, 0.1) is 16.3 Å². The number of amides is 1. The minimum absolute atomic E-state index is 0. The average Bonchev–Trinajstić information content (AvgIpc) is 3.04. The predicted octanol–water partition coefficient (Wildman–Crippen LogP) is 6.27. The molecule has 0 radical (unpaired) electrons. The van der Waals surface area contributed by atoms with Crippen molar-refractivity contribution in [2.75, 3.05) is 4.90 Å². The van der Waals surface area contributed by atoms with Crippen LogP contribution >= 0.6 is 67.5 Å². The van der Waals surface area contributed by atoms with E-state index >= 15 is 0 Å². The number of rotatable bonds is 5. The zero-order valence-electron chi connectivity index (χ0n) is 16.0. The topological polar surface area (TPSA) is 88.3 Å². The molecular formula is C19H15Br2Cl3N4O3. The summed E-state index contributed by atoms with van der Waals surface area (Å²) < 4.78 is 2.08. The Morgan fingerprint density at radius 1 is 1.19 bits per heavy atom. The van der Waals surface area contributed by atoms with E-state index in [1.807, 2.05) is 0 Å². The van der Waals surface area contributed by atoms with Gasteiger partial charge in [-0.25, -0.2) is 14.5 Å². The molecule has 0 unspecified atom stereocenters. The first-order valence-electron chi connectivity index (χ1n) is 8.54. The SMILES string of the molecule is CC(C)N(C(=O)c1cc(Br)nn1-c1ncccc1Cl)c1c(Br)cc(Cl)cc1C(=O)O.Cl. The van der Waals surface area contributed by atoms with Crippen LogP contribution in [0.2, 0.25) is 10.0 Å². The van der Waals surface area contributed by atoms with Crippen molar-refractivity contribution in [2.24, 2.45) is 0 Å². The number of halogens is 5. The Bertz CT molecular complexity index is 1150. The third-order valence-electron chi connectivity index (χ3n) is 4.07. The van der Waals surface area contributed by atoms with Gasteiger partial charge in [-0.05, 0) is 70.0 Å². The van der Waals surface area contributed by atoms with Gasteiger partial charge in [-0.2, -0.15) is 5.10 Å². The maximum atomic E-state index is 13.6. The van der Waals surface area contributed by atoms with Crippen LogP contribution in [0.25, 0.3) is 5.82 Å². The van der Waals surface area contributed by atoms with Crippen molar-refractivity contribution in [1.29, 1.82) is 0 Å². The summed E-state index contributed by atoms with van der Waals surface area (Å²) in [4.78, 5) is 31.1. The Kier molecular flexibility index (Phi) is 8.52. The Balaban J connectivity index is 0.00000341. The third kappa shape index (κ3) is 5.23. The average molecular weight is 614 g/mol. The number of pyridine rings is 1. The van der Waals surface area contributed by atoms with Crippen LogP contribution in [0.15, 0.2) is 45.6 Å². The molecule has 1 amide bonds. The van der Waals surface area contributed by atoms with Gasteiger partial charge in [0, 0.05) is 27.8 Å². The van der Waals surface area contributed by atoms with E-state index in [4.69, 9.17) is 23.2 Å². The summed E-state index contributed by atoms with van der Waals surface area (Å²) in [6.07, 6.45) is 1.53. The van der Waals surface area contributed by atoms with Crippen molar-refractivity contribution >= 4 is 85.0 Å². The standard InChI is InChI=1S/C19H14Br2Cl2N4O3.ClH/c1-9(2)26(16-11(19(29)30)6-10(22)7-12(16)20)18(28)14-8-15(21)25-27(14)17-13(23)4-3-5-24-17;/h3-9H,1-2H3,(H,29,30);1H. The Labute approximate surface area is 211 Å². The lowest BCUT2D eigenvalue weighted by molar-refractivity contribution is 0.0697. The fraction of sp³-hybridized carbons (Fsp3) is 0.158. The number of carboxylic acids is 1. The molecule has 0 saturated heterocycles. The molecule has 0 aliphatic carbocycles. The van der Waals surface area contributed by atoms with Crippen molar-refractivity contribution in [3.05, 3.63) is 66.9 Å². The molecule has 3 aromatic rings. The molecule has 0 bridgehead atoms. The van der Waals surface area contributed by atoms with Crippen LogP contribution < -0.4 is 4.90 Å². The molecule has 3 rings (SSSR count). The van der Waals surface area contributed by atoms with Crippen LogP contribution in [0, 0.1) is 0 Å². The third-order valence-corrected chi connectivity index (χ3v) is 5.58. The molecule has 0 fully saturated rings. The highest BCUT2D eigenvalue weighted by atomic mass is 79.9. The zero-order chi connectivity index (χ0) is 22.2. The van der Waals surface area contributed by atoms with Crippen LogP contribution in [-0.4, -0.2) is 37.8 Å². The smallest absolute Gasteiger partial charge is 0.337 e. The van der Waals surface area contributed by atoms with Gasteiger partial charge < -0.3 is 10.0 Å². The Morgan fingerprint density at radius 2 is 1.87 bits per heavy atom. The number of nitrogens with zero attached hydrogens (tertiary/aromatic N) is 4. The Morgan fingerprint density at radius 3 is 2.45 bits per heavy atom. The summed E-state index contributed by atoms with van der Waals surface area (Å²) >= 11 is 18.9. The maximum Gasteiger partial charge on any atom is 0.337 e. The van der Waals surface area contributed by atoms with E-state index in [0.717, 1.165) is 0 Å². The van der Waals surface area contributed by atoms with Crippen molar-refractivity contribution in [1.82, 2.24) is 14.8 Å². The summed E-state index contributed by atoms with van der Waals surface area (Å²) in [5.74, 6) is -1.44. The Hall–Kier alpha value is -1.65. The summed E-state index contributed by atoms with van der Waals surface area (Å²) in [5, 5.41) is 14.5. The number of aromatic carboxylic acids is 1. The summed E-state index contributed by atoms with van der Waals surface area (Å²) in [6, 6.07) is 7.26. The number of carboxylic acid groups (broad SMARTS) is 1. The second-order valence-corrected chi connectivity index (χ2v) is 8.94. The summed E-state index contributed by atoms with van der Waals surface area (Å²) in [6.45, 7) is 3.54. The van der Waals surface area contributed by atoms with Gasteiger partial charge >= 0.3 is 5.97 Å². The second-order valence-electron chi connectivity index (χ2n) is 6.43. The molecule has 2 heterocycles. The number of anilines is 1. The van der Waals surface area contributed by atoms with Gasteiger partial charge in [-0.3, -0.25) is 4.79 Å². The first-order chi connectivity index (χ1) is 14.1. The lowest BCUT2D eigenvalue weighted by atomic mass is 10.1. The van der Waals surface area contributed by atoms with Gasteiger partial charge in [0.2, 0.25) is 0 Å². The molecule has 2 aromatic heterocycles. The largest absolute Gasteiger partial charge is 0.478 e. The van der Waals surface area contributed by atoms with E-state index < -0.39 is 17.9 Å². The molecule has 0 aliphatic rings. The second kappa shape index (κ2) is 10.3. The molecule has 1 N–H and O–H groups in total. The van der Waals surface area contributed by atoms with E-state index in [9.17, 15) is 14.7 Å². The molecule has 7 nitrogen and oxygen atoms in total. The molecule has 164 valence electrons. The van der Waals surface area contributed by atoms with Gasteiger partial charge in [0.25, 0.3) is 5.91 Å². The van der Waals surface area contributed by atoms with Crippen molar-refractivity contribution < 1.29 is 14.7 Å². The number of carbonyl (C=O) groups is 2. The van der Waals surface area contributed by atoms with Crippen molar-refractivity contribution in [2.45, 2.75) is 19.9 Å².